The van der Waals surface area contributed by atoms with Gasteiger partial charge in [-0.25, -0.2) is 9.07 Å². The van der Waals surface area contributed by atoms with E-state index in [1.54, 1.807) is 42.6 Å². The predicted octanol–water partition coefficient (Wildman–Crippen LogP) is 3.50. The number of anilines is 1. The standard InChI is InChI=1S/C19H16FN3O3S/c1-26-16-8-11(6-7-15(16)24)18-12-9-21-23(14-5-3-2-4-13(14)20)19(12)22-17(25)10-27-18/h2-9,18,24H,10H2,1H3,(H,22,25)/t18-/m1/s1. The number of halogens is 1. The van der Waals surface area contributed by atoms with Crippen LogP contribution in [-0.4, -0.2) is 33.7 Å². The van der Waals surface area contributed by atoms with Gasteiger partial charge in [-0.05, 0) is 29.8 Å². The Morgan fingerprint density at radius 1 is 1.33 bits per heavy atom. The van der Waals surface area contributed by atoms with Crippen LogP contribution in [0.25, 0.3) is 5.69 Å². The zero-order chi connectivity index (χ0) is 19.0. The van der Waals surface area contributed by atoms with Crippen LogP contribution in [0.3, 0.4) is 0 Å². The monoisotopic (exact) mass is 385 g/mol. The molecule has 1 aromatic heterocycles. The summed E-state index contributed by atoms with van der Waals surface area (Å²) in [7, 11) is 1.48. The number of carbonyl (C=O) groups is 1. The lowest BCUT2D eigenvalue weighted by Gasteiger charge is -2.16. The number of hydrogen-bond donors (Lipinski definition) is 2. The fraction of sp³-hybridized carbons (Fsp3) is 0.158. The number of hydrogen-bond acceptors (Lipinski definition) is 5. The van der Waals surface area contributed by atoms with Crippen LogP contribution in [0.1, 0.15) is 16.4 Å². The van der Waals surface area contributed by atoms with E-state index >= 15 is 0 Å². The number of benzene rings is 2. The van der Waals surface area contributed by atoms with E-state index in [1.165, 1.54) is 29.6 Å². The second kappa shape index (κ2) is 6.96. The lowest BCUT2D eigenvalue weighted by atomic mass is 10.1. The molecule has 3 aromatic rings. The van der Waals surface area contributed by atoms with E-state index in [1.807, 2.05) is 0 Å². The minimum absolute atomic E-state index is 0.0383. The van der Waals surface area contributed by atoms with Gasteiger partial charge in [0.25, 0.3) is 0 Å². The number of para-hydroxylation sites is 1. The van der Waals surface area contributed by atoms with E-state index in [0.29, 0.717) is 11.6 Å². The molecular formula is C19H16FN3O3S. The average Bonchev–Trinajstić information content (AvgIpc) is 2.98. The predicted molar refractivity (Wildman–Crippen MR) is 101 cm³/mol. The molecular weight excluding hydrogens is 369 g/mol. The number of methoxy groups -OCH3 is 1. The van der Waals surface area contributed by atoms with Gasteiger partial charge in [-0.15, -0.1) is 11.8 Å². The number of ether oxygens (including phenoxy) is 1. The normalized spacial score (nSPS) is 16.4. The minimum Gasteiger partial charge on any atom is -0.504 e. The van der Waals surface area contributed by atoms with Crippen LogP contribution < -0.4 is 10.1 Å². The van der Waals surface area contributed by atoms with E-state index in [4.69, 9.17) is 4.74 Å². The number of nitrogens with one attached hydrogen (secondary N) is 1. The molecule has 0 bridgehead atoms. The minimum atomic E-state index is -0.433. The number of thioether (sulfide) groups is 1. The van der Waals surface area contributed by atoms with Crippen LogP contribution >= 0.6 is 11.8 Å². The SMILES string of the molecule is COc1cc([C@H]2SCC(=O)Nc3c2cnn3-c2ccccc2F)ccc1O. The zero-order valence-electron chi connectivity index (χ0n) is 14.3. The highest BCUT2D eigenvalue weighted by molar-refractivity contribution is 8.00. The van der Waals surface area contributed by atoms with Gasteiger partial charge in [0, 0.05) is 5.56 Å². The number of phenolic OH excluding ortho intramolecular Hbond substituents is 1. The highest BCUT2D eigenvalue weighted by Gasteiger charge is 2.29. The van der Waals surface area contributed by atoms with Gasteiger partial charge >= 0.3 is 0 Å². The Bertz CT molecular complexity index is 1020. The molecule has 0 saturated heterocycles. The topological polar surface area (TPSA) is 76.4 Å². The molecule has 1 amide bonds. The molecule has 0 unspecified atom stereocenters. The number of carbonyl (C=O) groups excluding carboxylic acids is 1. The molecule has 27 heavy (non-hydrogen) atoms. The highest BCUT2D eigenvalue weighted by Crippen LogP contribution is 2.44. The van der Waals surface area contributed by atoms with Crippen LogP contribution in [0.4, 0.5) is 10.2 Å². The van der Waals surface area contributed by atoms with Gasteiger partial charge < -0.3 is 15.2 Å². The summed E-state index contributed by atoms with van der Waals surface area (Å²) in [6.45, 7) is 0. The average molecular weight is 385 g/mol. The molecule has 8 heteroatoms. The van der Waals surface area contributed by atoms with Crippen molar-refractivity contribution >= 4 is 23.5 Å². The Morgan fingerprint density at radius 2 is 2.15 bits per heavy atom. The zero-order valence-corrected chi connectivity index (χ0v) is 15.2. The number of fused-ring (bicyclic) bond motifs is 1. The third-order valence-electron chi connectivity index (χ3n) is 4.31. The molecule has 0 aliphatic carbocycles. The maximum atomic E-state index is 14.3. The number of amides is 1. The van der Waals surface area contributed by atoms with Gasteiger partial charge in [0.2, 0.25) is 5.91 Å². The first-order chi connectivity index (χ1) is 13.1. The molecule has 2 N–H and O–H groups in total. The molecule has 1 atom stereocenters. The number of rotatable bonds is 3. The summed E-state index contributed by atoms with van der Waals surface area (Å²) in [6, 6.07) is 11.3. The summed E-state index contributed by atoms with van der Waals surface area (Å²) >= 11 is 1.43. The van der Waals surface area contributed by atoms with E-state index in [2.05, 4.69) is 10.4 Å². The maximum Gasteiger partial charge on any atom is 0.235 e. The Morgan fingerprint density at radius 3 is 2.93 bits per heavy atom. The van der Waals surface area contributed by atoms with Gasteiger partial charge in [-0.2, -0.15) is 5.10 Å². The third-order valence-corrected chi connectivity index (χ3v) is 5.59. The first-order valence-electron chi connectivity index (χ1n) is 8.19. The molecule has 2 aromatic carbocycles. The molecule has 0 fully saturated rings. The van der Waals surface area contributed by atoms with Crippen molar-refractivity contribution in [1.29, 1.82) is 0 Å². The van der Waals surface area contributed by atoms with Crippen molar-refractivity contribution in [3.05, 3.63) is 65.6 Å². The highest BCUT2D eigenvalue weighted by atomic mass is 32.2. The third kappa shape index (κ3) is 3.12. The summed E-state index contributed by atoms with van der Waals surface area (Å²) in [5.74, 6) is 0.438. The van der Waals surface area contributed by atoms with Gasteiger partial charge in [-0.3, -0.25) is 4.79 Å². The molecule has 1 aliphatic heterocycles. The van der Waals surface area contributed by atoms with E-state index < -0.39 is 5.82 Å². The molecule has 6 nitrogen and oxygen atoms in total. The molecule has 2 heterocycles. The fourth-order valence-corrected chi connectivity index (χ4v) is 4.12. The Balaban J connectivity index is 1.85. The quantitative estimate of drug-likeness (QED) is 0.722. The van der Waals surface area contributed by atoms with Gasteiger partial charge in [0.05, 0.1) is 24.3 Å². The lowest BCUT2D eigenvalue weighted by molar-refractivity contribution is -0.113. The smallest absolute Gasteiger partial charge is 0.235 e. The van der Waals surface area contributed by atoms with Crippen molar-refractivity contribution in [2.24, 2.45) is 0 Å². The van der Waals surface area contributed by atoms with E-state index in [9.17, 15) is 14.3 Å². The van der Waals surface area contributed by atoms with Crippen molar-refractivity contribution in [3.63, 3.8) is 0 Å². The first-order valence-corrected chi connectivity index (χ1v) is 9.24. The van der Waals surface area contributed by atoms with Crippen LogP contribution in [0, 0.1) is 5.82 Å². The number of nitrogens with zero attached hydrogens (tertiary/aromatic N) is 2. The fourth-order valence-electron chi connectivity index (χ4n) is 3.03. The molecule has 0 saturated carbocycles. The van der Waals surface area contributed by atoms with Crippen LogP contribution in [0.2, 0.25) is 0 Å². The second-order valence-electron chi connectivity index (χ2n) is 5.98. The largest absolute Gasteiger partial charge is 0.504 e. The lowest BCUT2D eigenvalue weighted by Crippen LogP contribution is -2.16. The summed E-state index contributed by atoms with van der Waals surface area (Å²) < 4.78 is 20.9. The van der Waals surface area contributed by atoms with Crippen molar-refractivity contribution in [2.45, 2.75) is 5.25 Å². The number of aromatic nitrogens is 2. The van der Waals surface area contributed by atoms with Crippen LogP contribution in [0.15, 0.2) is 48.7 Å². The Kier molecular flexibility index (Phi) is 4.49. The van der Waals surface area contributed by atoms with Crippen molar-refractivity contribution in [1.82, 2.24) is 9.78 Å². The summed E-state index contributed by atoms with van der Waals surface area (Å²) in [6.07, 6.45) is 1.63. The van der Waals surface area contributed by atoms with Crippen LogP contribution in [0.5, 0.6) is 11.5 Å². The molecule has 0 spiro atoms. The van der Waals surface area contributed by atoms with Crippen molar-refractivity contribution in [3.8, 4) is 17.2 Å². The summed E-state index contributed by atoms with van der Waals surface area (Å²) in [4.78, 5) is 12.2. The number of phenols is 1. The Hall–Kier alpha value is -3.00. The van der Waals surface area contributed by atoms with Gasteiger partial charge in [0.15, 0.2) is 11.5 Å². The van der Waals surface area contributed by atoms with Crippen LogP contribution in [-0.2, 0) is 4.79 Å². The second-order valence-corrected chi connectivity index (χ2v) is 7.08. The molecule has 1 aliphatic rings. The molecule has 138 valence electrons. The van der Waals surface area contributed by atoms with Crippen molar-refractivity contribution in [2.75, 3.05) is 18.2 Å². The summed E-state index contributed by atoms with van der Waals surface area (Å²) in [5, 5.41) is 16.8. The Labute approximate surface area is 159 Å². The molecule has 4 rings (SSSR count). The first kappa shape index (κ1) is 17.4. The van der Waals surface area contributed by atoms with Crippen molar-refractivity contribution < 1.29 is 19.0 Å². The van der Waals surface area contributed by atoms with Gasteiger partial charge in [-0.1, -0.05) is 18.2 Å². The van der Waals surface area contributed by atoms with E-state index in [-0.39, 0.29) is 28.3 Å². The van der Waals surface area contributed by atoms with E-state index in [0.717, 1.165) is 11.1 Å². The maximum absolute atomic E-state index is 14.3. The van der Waals surface area contributed by atoms with Gasteiger partial charge in [0.1, 0.15) is 17.3 Å². The summed E-state index contributed by atoms with van der Waals surface area (Å²) in [5.41, 5.74) is 1.86. The number of aromatic hydroxyl groups is 1. The molecule has 0 radical (unpaired) electrons.